The fourth-order valence-electron chi connectivity index (χ4n) is 3.10. The SMILES string of the molecule is CC#CC1CCN(C(=O)CNC(C)(C)CC(C)(C)OC)CC1. The molecule has 4 heteroatoms. The van der Waals surface area contributed by atoms with E-state index in [1.807, 2.05) is 11.8 Å². The Kier molecular flexibility index (Phi) is 6.90. The highest BCUT2D eigenvalue weighted by Crippen LogP contribution is 2.22. The summed E-state index contributed by atoms with van der Waals surface area (Å²) in [6.07, 6.45) is 2.83. The molecule has 0 aromatic carbocycles. The molecule has 1 heterocycles. The van der Waals surface area contributed by atoms with Crippen LogP contribution in [0.25, 0.3) is 0 Å². The number of nitrogens with one attached hydrogen (secondary N) is 1. The molecule has 1 aliphatic rings. The third kappa shape index (κ3) is 6.37. The molecule has 0 spiro atoms. The molecule has 1 amide bonds. The quantitative estimate of drug-likeness (QED) is 0.766. The lowest BCUT2D eigenvalue weighted by Gasteiger charge is -2.36. The third-order valence-corrected chi connectivity index (χ3v) is 4.33. The van der Waals surface area contributed by atoms with Gasteiger partial charge in [-0.25, -0.2) is 0 Å². The molecular weight excluding hydrogens is 276 g/mol. The second kappa shape index (κ2) is 7.99. The molecule has 0 aliphatic carbocycles. The third-order valence-electron chi connectivity index (χ3n) is 4.33. The van der Waals surface area contributed by atoms with Crippen LogP contribution in [0, 0.1) is 17.8 Å². The molecule has 1 aliphatic heterocycles. The molecule has 0 unspecified atom stereocenters. The van der Waals surface area contributed by atoms with Gasteiger partial charge in [0.15, 0.2) is 0 Å². The lowest BCUT2D eigenvalue weighted by atomic mass is 9.89. The largest absolute Gasteiger partial charge is 0.379 e. The van der Waals surface area contributed by atoms with E-state index in [9.17, 15) is 4.79 Å². The maximum atomic E-state index is 12.3. The van der Waals surface area contributed by atoms with E-state index in [0.717, 1.165) is 32.4 Å². The van der Waals surface area contributed by atoms with Gasteiger partial charge >= 0.3 is 0 Å². The monoisotopic (exact) mass is 308 g/mol. The van der Waals surface area contributed by atoms with Crippen LogP contribution in [0.1, 0.15) is 53.9 Å². The molecule has 4 nitrogen and oxygen atoms in total. The minimum Gasteiger partial charge on any atom is -0.379 e. The summed E-state index contributed by atoms with van der Waals surface area (Å²) in [5, 5.41) is 3.38. The Hall–Kier alpha value is -1.05. The van der Waals surface area contributed by atoms with Gasteiger partial charge in [0.05, 0.1) is 12.1 Å². The Bertz CT molecular complexity index is 424. The highest BCUT2D eigenvalue weighted by molar-refractivity contribution is 5.78. The first-order valence-electron chi connectivity index (χ1n) is 8.19. The van der Waals surface area contributed by atoms with Gasteiger partial charge in [0, 0.05) is 31.7 Å². The molecule has 0 saturated carbocycles. The smallest absolute Gasteiger partial charge is 0.236 e. The van der Waals surface area contributed by atoms with E-state index >= 15 is 0 Å². The van der Waals surface area contributed by atoms with E-state index in [1.165, 1.54) is 0 Å². The van der Waals surface area contributed by atoms with Crippen molar-refractivity contribution in [3.8, 4) is 11.8 Å². The fraction of sp³-hybridized carbons (Fsp3) is 0.833. The zero-order valence-electron chi connectivity index (χ0n) is 15.1. The average Bonchev–Trinajstić information content (AvgIpc) is 2.45. The maximum Gasteiger partial charge on any atom is 0.236 e. The molecule has 126 valence electrons. The highest BCUT2D eigenvalue weighted by Gasteiger charge is 2.29. The van der Waals surface area contributed by atoms with Gasteiger partial charge in [-0.15, -0.1) is 11.8 Å². The number of hydrogen-bond acceptors (Lipinski definition) is 3. The minimum atomic E-state index is -0.198. The molecule has 1 rings (SSSR count). The lowest BCUT2D eigenvalue weighted by molar-refractivity contribution is -0.131. The Balaban J connectivity index is 2.41. The zero-order chi connectivity index (χ0) is 16.8. The van der Waals surface area contributed by atoms with Gasteiger partial charge in [-0.05, 0) is 53.9 Å². The fourth-order valence-corrected chi connectivity index (χ4v) is 3.10. The van der Waals surface area contributed by atoms with Crippen molar-refractivity contribution in [1.29, 1.82) is 0 Å². The van der Waals surface area contributed by atoms with Crippen LogP contribution in [-0.2, 0) is 9.53 Å². The Morgan fingerprint density at radius 2 is 1.86 bits per heavy atom. The van der Waals surface area contributed by atoms with Gasteiger partial charge in [0.25, 0.3) is 0 Å². The van der Waals surface area contributed by atoms with Crippen molar-refractivity contribution in [1.82, 2.24) is 10.2 Å². The van der Waals surface area contributed by atoms with Crippen LogP contribution in [0.15, 0.2) is 0 Å². The summed E-state index contributed by atoms with van der Waals surface area (Å²) in [6, 6.07) is 0. The number of methoxy groups -OCH3 is 1. The molecule has 0 atom stereocenters. The van der Waals surface area contributed by atoms with Crippen molar-refractivity contribution in [3.05, 3.63) is 0 Å². The molecule has 0 radical (unpaired) electrons. The summed E-state index contributed by atoms with van der Waals surface area (Å²) in [5.74, 6) is 6.84. The zero-order valence-corrected chi connectivity index (χ0v) is 15.1. The van der Waals surface area contributed by atoms with Gasteiger partial charge in [0.2, 0.25) is 5.91 Å². The molecule has 1 N–H and O–H groups in total. The normalized spacial score (nSPS) is 17.1. The first-order chi connectivity index (χ1) is 10.2. The van der Waals surface area contributed by atoms with Gasteiger partial charge in [0.1, 0.15) is 0 Å². The Labute approximate surface area is 136 Å². The van der Waals surface area contributed by atoms with Gasteiger partial charge in [-0.1, -0.05) is 0 Å². The number of ether oxygens (including phenoxy) is 1. The Morgan fingerprint density at radius 3 is 2.36 bits per heavy atom. The summed E-state index contributed by atoms with van der Waals surface area (Å²) >= 11 is 0. The first kappa shape index (κ1) is 19.0. The van der Waals surface area contributed by atoms with Crippen molar-refractivity contribution < 1.29 is 9.53 Å². The molecule has 22 heavy (non-hydrogen) atoms. The second-order valence-corrected chi connectivity index (χ2v) is 7.43. The Morgan fingerprint density at radius 1 is 1.27 bits per heavy atom. The molecular formula is C18H32N2O2. The van der Waals surface area contributed by atoms with Crippen LogP contribution < -0.4 is 5.32 Å². The number of carbonyl (C=O) groups excluding carboxylic acids is 1. The van der Waals surface area contributed by atoms with Gasteiger partial charge < -0.3 is 15.0 Å². The van der Waals surface area contributed by atoms with Crippen molar-refractivity contribution in [2.75, 3.05) is 26.7 Å². The summed E-state index contributed by atoms with van der Waals surface area (Å²) in [7, 11) is 1.73. The van der Waals surface area contributed by atoms with E-state index < -0.39 is 0 Å². The number of hydrogen-bond donors (Lipinski definition) is 1. The van der Waals surface area contributed by atoms with Crippen LogP contribution in [0.4, 0.5) is 0 Å². The summed E-state index contributed by atoms with van der Waals surface area (Å²) in [4.78, 5) is 14.3. The van der Waals surface area contributed by atoms with E-state index in [4.69, 9.17) is 4.74 Å². The van der Waals surface area contributed by atoms with Crippen LogP contribution >= 0.6 is 0 Å². The van der Waals surface area contributed by atoms with Crippen LogP contribution in [-0.4, -0.2) is 48.7 Å². The van der Waals surface area contributed by atoms with E-state index in [2.05, 4.69) is 44.9 Å². The van der Waals surface area contributed by atoms with Crippen molar-refractivity contribution in [2.24, 2.45) is 5.92 Å². The number of carbonyl (C=O) groups is 1. The van der Waals surface area contributed by atoms with Crippen LogP contribution in [0.3, 0.4) is 0 Å². The van der Waals surface area contributed by atoms with E-state index in [1.54, 1.807) is 7.11 Å². The number of likely N-dealkylation sites (tertiary alicyclic amines) is 1. The average molecular weight is 308 g/mol. The van der Waals surface area contributed by atoms with Crippen molar-refractivity contribution in [2.45, 2.75) is 65.0 Å². The molecule has 1 saturated heterocycles. The van der Waals surface area contributed by atoms with E-state index in [0.29, 0.717) is 12.5 Å². The standard InChI is InChI=1S/C18H32N2O2/c1-7-8-15-9-11-20(12-10-15)16(21)13-19-17(2,3)14-18(4,5)22-6/h15,19H,9-14H2,1-6H3. The molecule has 0 bridgehead atoms. The lowest BCUT2D eigenvalue weighted by Crippen LogP contribution is -2.50. The molecule has 0 aromatic rings. The summed E-state index contributed by atoms with van der Waals surface area (Å²) < 4.78 is 5.48. The number of nitrogens with zero attached hydrogens (tertiary/aromatic N) is 1. The predicted octanol–water partition coefficient (Wildman–Crippen LogP) is 2.43. The predicted molar refractivity (Wildman–Crippen MR) is 90.5 cm³/mol. The van der Waals surface area contributed by atoms with Crippen LogP contribution in [0.5, 0.6) is 0 Å². The van der Waals surface area contributed by atoms with Crippen molar-refractivity contribution >= 4 is 5.91 Å². The summed E-state index contributed by atoms with van der Waals surface area (Å²) in [6.45, 7) is 12.3. The second-order valence-electron chi connectivity index (χ2n) is 7.43. The molecule has 1 fully saturated rings. The topological polar surface area (TPSA) is 41.6 Å². The maximum absolute atomic E-state index is 12.3. The van der Waals surface area contributed by atoms with Gasteiger partial charge in [-0.2, -0.15) is 0 Å². The number of piperidine rings is 1. The number of amides is 1. The van der Waals surface area contributed by atoms with Crippen LogP contribution in [0.2, 0.25) is 0 Å². The first-order valence-corrected chi connectivity index (χ1v) is 8.19. The highest BCUT2D eigenvalue weighted by atomic mass is 16.5. The molecule has 0 aromatic heterocycles. The summed E-state index contributed by atoms with van der Waals surface area (Å²) in [5.41, 5.74) is -0.335. The van der Waals surface area contributed by atoms with Crippen molar-refractivity contribution in [3.63, 3.8) is 0 Å². The number of rotatable bonds is 6. The van der Waals surface area contributed by atoms with Gasteiger partial charge in [-0.3, -0.25) is 4.79 Å². The minimum absolute atomic E-state index is 0.138. The van der Waals surface area contributed by atoms with E-state index in [-0.39, 0.29) is 17.0 Å².